The van der Waals surface area contributed by atoms with Gasteiger partial charge in [-0.1, -0.05) is 57.9 Å². The number of hydrogen-bond donors (Lipinski definition) is 1. The van der Waals surface area contributed by atoms with Gasteiger partial charge in [0.2, 0.25) is 0 Å². The van der Waals surface area contributed by atoms with Crippen LogP contribution in [0.2, 0.25) is 0 Å². The van der Waals surface area contributed by atoms with Crippen molar-refractivity contribution in [2.45, 2.75) is 66.2 Å². The van der Waals surface area contributed by atoms with Crippen LogP contribution < -0.4 is 5.32 Å². The van der Waals surface area contributed by atoms with E-state index in [9.17, 15) is 13.6 Å². The first kappa shape index (κ1) is 32.6. The summed E-state index contributed by atoms with van der Waals surface area (Å²) in [5.74, 6) is -2.99. The first-order valence-corrected chi connectivity index (χ1v) is 12.9. The topological polar surface area (TPSA) is 75.2 Å². The number of fused-ring (bicyclic) bond motifs is 1. The summed E-state index contributed by atoms with van der Waals surface area (Å²) in [7, 11) is 3.38. The van der Waals surface area contributed by atoms with Gasteiger partial charge in [0.15, 0.2) is 0 Å². The Labute approximate surface area is 225 Å². The van der Waals surface area contributed by atoms with Crippen LogP contribution in [-0.4, -0.2) is 54.1 Å². The van der Waals surface area contributed by atoms with Crippen LogP contribution in [0.3, 0.4) is 0 Å². The van der Waals surface area contributed by atoms with E-state index in [0.717, 1.165) is 40.5 Å². The van der Waals surface area contributed by atoms with Crippen LogP contribution in [0.15, 0.2) is 48.2 Å². The molecular weight excluding hydrogens is 486 g/mol. The Bertz CT molecular complexity index is 1170. The Morgan fingerprint density at radius 3 is 2.34 bits per heavy atom. The minimum Gasteiger partial charge on any atom is -0.370 e. The number of nitrogens with one attached hydrogen (secondary N) is 1. The summed E-state index contributed by atoms with van der Waals surface area (Å²) in [4.78, 5) is 31.6. The van der Waals surface area contributed by atoms with Gasteiger partial charge in [-0.15, -0.1) is 0 Å². The predicted molar refractivity (Wildman–Crippen MR) is 154 cm³/mol. The molecule has 0 saturated heterocycles. The maximum atomic E-state index is 13.2. The van der Waals surface area contributed by atoms with Gasteiger partial charge in [-0.2, -0.15) is 0 Å². The number of aromatic nitrogens is 2. The van der Waals surface area contributed by atoms with Gasteiger partial charge in [0.1, 0.15) is 18.3 Å². The molecule has 1 aliphatic carbocycles. The molecule has 3 rings (SSSR count). The lowest BCUT2D eigenvalue weighted by atomic mass is 9.94. The van der Waals surface area contributed by atoms with Gasteiger partial charge >= 0.3 is 0 Å². The number of amides is 1. The molecule has 1 aliphatic rings. The van der Waals surface area contributed by atoms with Crippen LogP contribution in [0.1, 0.15) is 76.4 Å². The zero-order valence-corrected chi connectivity index (χ0v) is 23.8. The smallest absolute Gasteiger partial charge is 0.272 e. The highest BCUT2D eigenvalue weighted by Crippen LogP contribution is 2.48. The molecule has 0 aromatic carbocycles. The molecule has 2 aromatic heterocycles. The van der Waals surface area contributed by atoms with E-state index in [1.807, 2.05) is 38.9 Å². The molecule has 0 spiro atoms. The number of pyridine rings is 2. The second kappa shape index (κ2) is 15.1. The normalized spacial score (nSPS) is 16.0. The average Bonchev–Trinajstić information content (AvgIpc) is 3.50. The second-order valence-corrected chi connectivity index (χ2v) is 9.53. The molecule has 1 atom stereocenters. The molecule has 1 fully saturated rings. The lowest BCUT2D eigenvalue weighted by molar-refractivity contribution is -0.0980. The summed E-state index contributed by atoms with van der Waals surface area (Å²) >= 11 is 0. The van der Waals surface area contributed by atoms with Crippen molar-refractivity contribution in [3.05, 3.63) is 59.5 Å². The van der Waals surface area contributed by atoms with Crippen molar-refractivity contribution in [1.29, 1.82) is 0 Å². The van der Waals surface area contributed by atoms with Crippen molar-refractivity contribution in [1.82, 2.24) is 14.9 Å². The van der Waals surface area contributed by atoms with Gasteiger partial charge < -0.3 is 15.0 Å². The lowest BCUT2D eigenvalue weighted by Crippen LogP contribution is -2.24. The Morgan fingerprint density at radius 1 is 1.24 bits per heavy atom. The fraction of sp³-hybridized carbons (Fsp3) is 0.467. The largest absolute Gasteiger partial charge is 0.370 e. The van der Waals surface area contributed by atoms with Crippen molar-refractivity contribution in [3.63, 3.8) is 0 Å². The van der Waals surface area contributed by atoms with Crippen molar-refractivity contribution in [3.8, 4) is 0 Å². The maximum Gasteiger partial charge on any atom is 0.272 e. The first-order valence-electron chi connectivity index (χ1n) is 12.9. The lowest BCUT2D eigenvalue weighted by Gasteiger charge is -2.17. The Hall–Kier alpha value is -3.42. The van der Waals surface area contributed by atoms with E-state index in [1.54, 1.807) is 26.4 Å². The predicted octanol–water partition coefficient (Wildman–Crippen LogP) is 7.34. The van der Waals surface area contributed by atoms with E-state index in [1.165, 1.54) is 11.3 Å². The number of anilines is 1. The highest BCUT2D eigenvalue weighted by atomic mass is 19.3. The molecule has 208 valence electrons. The number of nitrogens with zero attached hydrogens (tertiary/aromatic N) is 3. The number of rotatable bonds is 9. The van der Waals surface area contributed by atoms with Gasteiger partial charge in [-0.25, -0.2) is 18.7 Å². The Kier molecular flexibility index (Phi) is 13.0. The fourth-order valence-corrected chi connectivity index (χ4v) is 3.84. The molecule has 2 aromatic rings. The summed E-state index contributed by atoms with van der Waals surface area (Å²) in [6, 6.07) is 3.62. The number of carbonyl (C=O) groups is 2. The molecule has 38 heavy (non-hydrogen) atoms. The summed E-state index contributed by atoms with van der Waals surface area (Å²) in [5, 5.41) is 3.74. The zero-order chi connectivity index (χ0) is 29.0. The van der Waals surface area contributed by atoms with Crippen LogP contribution in [0.5, 0.6) is 0 Å². The highest BCUT2D eigenvalue weighted by Gasteiger charge is 2.56. The standard InChI is InChI=1S/C26H32F2N4O.C3H8.CH2O/c1-7-9-16(3)10-17(4)20(8-2)21-11-18-14-29-23(30-15-19-13-26(19,27)28)12-22(18)31-24(21)25(33)32(5)6;1-3-2;1-2/h8,10-12,14,19H,3,7,9,13,15H2,1-2,4-6H3,(H,29,30);3H2,1-2H3;1H2/b17-10-,20-8+;;. The summed E-state index contributed by atoms with van der Waals surface area (Å²) < 4.78 is 26.4. The van der Waals surface area contributed by atoms with E-state index in [4.69, 9.17) is 4.79 Å². The Morgan fingerprint density at radius 2 is 1.84 bits per heavy atom. The van der Waals surface area contributed by atoms with E-state index in [0.29, 0.717) is 17.0 Å². The number of allylic oxidation sites excluding steroid dienone is 5. The quantitative estimate of drug-likeness (QED) is 0.345. The second-order valence-electron chi connectivity index (χ2n) is 9.53. The van der Waals surface area contributed by atoms with E-state index < -0.39 is 11.8 Å². The van der Waals surface area contributed by atoms with Crippen LogP contribution in [-0.2, 0) is 4.79 Å². The van der Waals surface area contributed by atoms with Crippen LogP contribution in [0.4, 0.5) is 14.6 Å². The van der Waals surface area contributed by atoms with Gasteiger partial charge in [0, 0.05) is 56.2 Å². The van der Waals surface area contributed by atoms with Crippen LogP contribution >= 0.6 is 0 Å². The molecule has 8 heteroatoms. The monoisotopic (exact) mass is 528 g/mol. The number of alkyl halides is 2. The fourth-order valence-electron chi connectivity index (χ4n) is 3.84. The first-order chi connectivity index (χ1) is 18.0. The molecular formula is C30H42F2N4O2. The Balaban J connectivity index is 0.00000135. The van der Waals surface area contributed by atoms with E-state index in [-0.39, 0.29) is 18.9 Å². The minimum atomic E-state index is -2.58. The molecule has 2 heterocycles. The maximum absolute atomic E-state index is 13.2. The van der Waals surface area contributed by atoms with Crippen LogP contribution in [0.25, 0.3) is 16.5 Å². The summed E-state index contributed by atoms with van der Waals surface area (Å²) in [6.07, 6.45) is 8.74. The average molecular weight is 529 g/mol. The molecule has 0 bridgehead atoms. The molecule has 1 N–H and O–H groups in total. The van der Waals surface area contributed by atoms with Crippen LogP contribution in [0, 0.1) is 5.92 Å². The van der Waals surface area contributed by atoms with Gasteiger partial charge in [-0.3, -0.25) is 4.79 Å². The zero-order valence-electron chi connectivity index (χ0n) is 23.8. The molecule has 1 saturated carbocycles. The number of halogens is 2. The number of carbonyl (C=O) groups excluding carboxylic acids is 2. The minimum absolute atomic E-state index is 0.0969. The third kappa shape index (κ3) is 8.85. The molecule has 6 nitrogen and oxygen atoms in total. The van der Waals surface area contributed by atoms with Gasteiger partial charge in [0.25, 0.3) is 11.8 Å². The van der Waals surface area contributed by atoms with Crippen molar-refractivity contribution < 1.29 is 18.4 Å². The number of hydrogen-bond acceptors (Lipinski definition) is 5. The molecule has 1 unspecified atom stereocenters. The molecule has 0 radical (unpaired) electrons. The van der Waals surface area contributed by atoms with E-state index >= 15 is 0 Å². The third-order valence-corrected chi connectivity index (χ3v) is 5.79. The molecule has 0 aliphatic heterocycles. The molecule has 1 amide bonds. The highest BCUT2D eigenvalue weighted by molar-refractivity contribution is 6.02. The van der Waals surface area contributed by atoms with Gasteiger partial charge in [-0.05, 0) is 37.5 Å². The summed E-state index contributed by atoms with van der Waals surface area (Å²) in [5.41, 5.74) is 4.58. The SMILES string of the molecule is C=C(/C=C(C)\C(=C/C)c1cc2cnc(NCC3CC3(F)F)cc2nc1C(=O)N(C)C)CCC.C=O.CCC. The van der Waals surface area contributed by atoms with Gasteiger partial charge in [0.05, 0.1) is 5.52 Å². The van der Waals surface area contributed by atoms with E-state index in [2.05, 4.69) is 42.6 Å². The van der Waals surface area contributed by atoms with Crippen molar-refractivity contribution >= 4 is 35.0 Å². The third-order valence-electron chi connectivity index (χ3n) is 5.79. The van der Waals surface area contributed by atoms with Crippen molar-refractivity contribution in [2.75, 3.05) is 26.0 Å². The summed E-state index contributed by atoms with van der Waals surface area (Å²) in [6.45, 7) is 16.6. The van der Waals surface area contributed by atoms with Crippen molar-refractivity contribution in [2.24, 2.45) is 5.92 Å².